The molecule has 1 amide bonds. The van der Waals surface area contributed by atoms with Gasteiger partial charge in [0.05, 0.1) is 16.9 Å². The lowest BCUT2D eigenvalue weighted by Gasteiger charge is -2.48. The van der Waals surface area contributed by atoms with E-state index in [1.165, 1.54) is 11.6 Å². The summed E-state index contributed by atoms with van der Waals surface area (Å²) < 4.78 is 15.0. The van der Waals surface area contributed by atoms with E-state index < -0.39 is 17.5 Å². The number of aliphatic carboxylic acids is 2. The maximum Gasteiger partial charge on any atom is 0.414 e. The van der Waals surface area contributed by atoms with Gasteiger partial charge in [-0.25, -0.2) is 14.0 Å². The molecule has 2 aromatic carbocycles. The number of hydrogen-bond donors (Lipinski definition) is 3. The summed E-state index contributed by atoms with van der Waals surface area (Å²) in [6, 6.07) is 23.0. The molecule has 0 spiro atoms. The third kappa shape index (κ3) is 7.01. The van der Waals surface area contributed by atoms with Crippen molar-refractivity contribution in [3.05, 3.63) is 96.1 Å². The molecule has 200 valence electrons. The molecule has 2 unspecified atom stereocenters. The molecule has 1 aromatic heterocycles. The highest BCUT2D eigenvalue weighted by molar-refractivity contribution is 6.27. The third-order valence-electron chi connectivity index (χ3n) is 6.58. The third-order valence-corrected chi connectivity index (χ3v) is 6.58. The second kappa shape index (κ2) is 13.4. The first-order valence-corrected chi connectivity index (χ1v) is 12.5. The molecule has 0 aliphatic carbocycles. The van der Waals surface area contributed by atoms with Gasteiger partial charge in [-0.1, -0.05) is 55.5 Å². The Hall–Kier alpha value is -4.11. The van der Waals surface area contributed by atoms with Gasteiger partial charge in [0.2, 0.25) is 5.91 Å². The van der Waals surface area contributed by atoms with E-state index in [0.29, 0.717) is 24.9 Å². The van der Waals surface area contributed by atoms with Crippen LogP contribution in [-0.4, -0.2) is 45.6 Å². The van der Waals surface area contributed by atoms with Crippen LogP contribution in [0.4, 0.5) is 10.1 Å². The molecular weight excluding hydrogens is 489 g/mol. The van der Waals surface area contributed by atoms with Crippen molar-refractivity contribution in [1.29, 1.82) is 0 Å². The number of para-hydroxylation sites is 1. The number of carbonyl (C=O) groups excluding carboxylic acids is 1. The van der Waals surface area contributed by atoms with E-state index in [4.69, 9.17) is 19.8 Å². The van der Waals surface area contributed by atoms with Crippen LogP contribution in [0.1, 0.15) is 43.9 Å². The zero-order valence-electron chi connectivity index (χ0n) is 21.2. The largest absolute Gasteiger partial charge is 0.473 e. The Morgan fingerprint density at radius 1 is 1.00 bits per heavy atom. The number of halogens is 1. The second-order valence-electron chi connectivity index (χ2n) is 9.02. The molecule has 9 heteroatoms. The van der Waals surface area contributed by atoms with Crippen LogP contribution in [0.15, 0.2) is 79.0 Å². The maximum absolute atomic E-state index is 15.0. The van der Waals surface area contributed by atoms with Gasteiger partial charge in [0.1, 0.15) is 5.82 Å². The quantitative estimate of drug-likeness (QED) is 0.394. The molecule has 0 saturated carbocycles. The van der Waals surface area contributed by atoms with Gasteiger partial charge >= 0.3 is 11.9 Å². The number of carboxylic acids is 2. The summed E-state index contributed by atoms with van der Waals surface area (Å²) in [5, 5.41) is 18.4. The first-order chi connectivity index (χ1) is 18.3. The number of carbonyl (C=O) groups is 3. The van der Waals surface area contributed by atoms with Gasteiger partial charge in [-0.3, -0.25) is 14.7 Å². The summed E-state index contributed by atoms with van der Waals surface area (Å²) in [6.07, 6.45) is 5.28. The van der Waals surface area contributed by atoms with E-state index in [0.717, 1.165) is 25.1 Å². The average molecular weight is 522 g/mol. The molecule has 38 heavy (non-hydrogen) atoms. The summed E-state index contributed by atoms with van der Waals surface area (Å²) in [5.41, 5.74) is 1.73. The molecule has 4 rings (SSSR count). The van der Waals surface area contributed by atoms with Crippen molar-refractivity contribution in [2.24, 2.45) is 0 Å². The van der Waals surface area contributed by atoms with Crippen LogP contribution in [-0.2, 0) is 26.3 Å². The van der Waals surface area contributed by atoms with Crippen LogP contribution >= 0.6 is 0 Å². The molecule has 1 aliphatic heterocycles. The summed E-state index contributed by atoms with van der Waals surface area (Å²) >= 11 is 0. The van der Waals surface area contributed by atoms with Gasteiger partial charge in [0.25, 0.3) is 0 Å². The second-order valence-corrected chi connectivity index (χ2v) is 9.02. The molecule has 0 radical (unpaired) electrons. The number of piperidine rings is 1. The maximum atomic E-state index is 15.0. The molecule has 1 saturated heterocycles. The van der Waals surface area contributed by atoms with Crippen LogP contribution in [0, 0.1) is 5.82 Å². The van der Waals surface area contributed by atoms with Gasteiger partial charge in [-0.15, -0.1) is 0 Å². The summed E-state index contributed by atoms with van der Waals surface area (Å²) in [7, 11) is 0. The molecule has 1 aliphatic rings. The smallest absolute Gasteiger partial charge is 0.414 e. The number of aryl methyl sites for hydroxylation is 1. The number of hydrogen-bond acceptors (Lipinski definition) is 5. The summed E-state index contributed by atoms with van der Waals surface area (Å²) in [5.74, 6) is -4.13. The Balaban J connectivity index is 0.000000599. The van der Waals surface area contributed by atoms with Crippen LogP contribution in [0.25, 0.3) is 0 Å². The minimum atomic E-state index is -1.82. The van der Waals surface area contributed by atoms with Crippen molar-refractivity contribution in [1.82, 2.24) is 10.3 Å². The Labute approximate surface area is 221 Å². The van der Waals surface area contributed by atoms with Gasteiger partial charge in [0, 0.05) is 18.7 Å². The zero-order valence-corrected chi connectivity index (χ0v) is 21.2. The predicted octanol–water partition coefficient (Wildman–Crippen LogP) is 4.40. The fourth-order valence-electron chi connectivity index (χ4n) is 4.84. The Morgan fingerprint density at radius 2 is 1.66 bits per heavy atom. The zero-order chi connectivity index (χ0) is 27.5. The highest BCUT2D eigenvalue weighted by Gasteiger charge is 2.47. The topological polar surface area (TPSA) is 120 Å². The molecule has 1 fully saturated rings. The standard InChI is InChI=1S/C27H30FN3O.C2H2O4/c1-2-26(32)31(24-13-7-6-12-23(24)28)27(25-14-8-9-18-30-25)17-19-29-22(20-27)16-15-21-10-4-3-5-11-21;3-1(4)2(5)6/h3-14,18,22,29H,2,15-17,19-20H2,1H3;(H,3,4)(H,5,6). The summed E-state index contributed by atoms with van der Waals surface area (Å²) in [4.78, 5) is 37.9. The SMILES string of the molecule is CCC(=O)N(c1ccccc1F)C1(c2ccccn2)CCNC(CCc2ccccc2)C1.O=C(O)C(=O)O. The van der Waals surface area contributed by atoms with E-state index in [1.54, 1.807) is 29.3 Å². The van der Waals surface area contributed by atoms with Crippen molar-refractivity contribution in [3.8, 4) is 0 Å². The average Bonchev–Trinajstić information content (AvgIpc) is 2.94. The highest BCUT2D eigenvalue weighted by atomic mass is 19.1. The van der Waals surface area contributed by atoms with E-state index in [1.807, 2.05) is 31.2 Å². The van der Waals surface area contributed by atoms with Crippen LogP contribution < -0.4 is 10.2 Å². The number of pyridine rings is 1. The highest BCUT2D eigenvalue weighted by Crippen LogP contribution is 2.42. The van der Waals surface area contributed by atoms with Crippen molar-refractivity contribution >= 4 is 23.5 Å². The number of nitrogens with zero attached hydrogens (tertiary/aromatic N) is 2. The molecule has 2 heterocycles. The van der Waals surface area contributed by atoms with Crippen LogP contribution in [0.2, 0.25) is 0 Å². The minimum absolute atomic E-state index is 0.0931. The first-order valence-electron chi connectivity index (χ1n) is 12.5. The van der Waals surface area contributed by atoms with E-state index in [9.17, 15) is 4.79 Å². The molecule has 2 atom stereocenters. The Bertz CT molecular complexity index is 1210. The lowest BCUT2D eigenvalue weighted by atomic mass is 9.77. The van der Waals surface area contributed by atoms with Gasteiger partial charge in [0.15, 0.2) is 0 Å². The number of aromatic nitrogens is 1. The number of benzene rings is 2. The number of carboxylic acid groups (broad SMARTS) is 2. The normalized spacial score (nSPS) is 18.5. The Kier molecular flexibility index (Phi) is 10.1. The predicted molar refractivity (Wildman–Crippen MR) is 141 cm³/mol. The minimum Gasteiger partial charge on any atom is -0.473 e. The molecule has 3 aromatic rings. The number of rotatable bonds is 7. The van der Waals surface area contributed by atoms with Gasteiger partial charge in [-0.2, -0.15) is 0 Å². The Morgan fingerprint density at radius 3 is 2.26 bits per heavy atom. The van der Waals surface area contributed by atoms with E-state index >= 15 is 4.39 Å². The number of anilines is 1. The van der Waals surface area contributed by atoms with Crippen molar-refractivity contribution in [2.45, 2.75) is 50.6 Å². The fourth-order valence-corrected chi connectivity index (χ4v) is 4.84. The monoisotopic (exact) mass is 521 g/mol. The lowest BCUT2D eigenvalue weighted by Crippen LogP contribution is -2.58. The number of amides is 1. The molecule has 0 bridgehead atoms. The van der Waals surface area contributed by atoms with Crippen molar-refractivity contribution in [2.75, 3.05) is 11.4 Å². The van der Waals surface area contributed by atoms with E-state index in [-0.39, 0.29) is 17.8 Å². The summed E-state index contributed by atoms with van der Waals surface area (Å²) in [6.45, 7) is 2.56. The van der Waals surface area contributed by atoms with Crippen LogP contribution in [0.3, 0.4) is 0 Å². The van der Waals surface area contributed by atoms with Gasteiger partial charge < -0.3 is 15.5 Å². The number of nitrogens with one attached hydrogen (secondary N) is 1. The lowest BCUT2D eigenvalue weighted by molar-refractivity contribution is -0.159. The van der Waals surface area contributed by atoms with Gasteiger partial charge in [-0.05, 0) is 62.1 Å². The van der Waals surface area contributed by atoms with E-state index in [2.05, 4.69) is 34.6 Å². The molecule has 8 nitrogen and oxygen atoms in total. The van der Waals surface area contributed by atoms with Crippen molar-refractivity contribution in [3.63, 3.8) is 0 Å². The fraction of sp³-hybridized carbons (Fsp3) is 0.310. The molecule has 3 N–H and O–H groups in total. The first kappa shape index (κ1) is 28.5. The molecular formula is C29H32FN3O5. The van der Waals surface area contributed by atoms with Crippen molar-refractivity contribution < 1.29 is 29.0 Å². The van der Waals surface area contributed by atoms with Crippen LogP contribution in [0.5, 0.6) is 0 Å².